The average Bonchev–Trinajstić information content (AvgIpc) is 3.23. The number of H-pyrrole nitrogens is 1. The van der Waals surface area contributed by atoms with E-state index in [1.54, 1.807) is 7.11 Å². The van der Waals surface area contributed by atoms with Crippen molar-refractivity contribution in [1.29, 1.82) is 0 Å². The summed E-state index contributed by atoms with van der Waals surface area (Å²) in [5.41, 5.74) is 2.94. The molecule has 2 N–H and O–H groups in total. The quantitative estimate of drug-likeness (QED) is 0.406. The van der Waals surface area contributed by atoms with E-state index in [0.717, 1.165) is 34.2 Å². The Bertz CT molecular complexity index is 1150. The number of aromatic amines is 1. The Morgan fingerprint density at radius 1 is 1.00 bits per heavy atom. The molecule has 0 saturated heterocycles. The Labute approximate surface area is 176 Å². The molecule has 0 amide bonds. The molecule has 0 spiro atoms. The summed E-state index contributed by atoms with van der Waals surface area (Å²) in [4.78, 5) is 17.0. The van der Waals surface area contributed by atoms with E-state index in [2.05, 4.69) is 16.4 Å². The van der Waals surface area contributed by atoms with Gasteiger partial charge in [0.15, 0.2) is 5.78 Å². The molecule has 152 valence electrons. The number of para-hydroxylation sites is 1. The highest BCUT2D eigenvalue weighted by molar-refractivity contribution is 6.12. The van der Waals surface area contributed by atoms with Crippen molar-refractivity contribution in [1.82, 2.24) is 10.3 Å². The molecule has 1 heterocycles. The highest BCUT2D eigenvalue weighted by Crippen LogP contribution is 2.29. The van der Waals surface area contributed by atoms with Gasteiger partial charge in [0.2, 0.25) is 0 Å². The van der Waals surface area contributed by atoms with E-state index in [9.17, 15) is 4.79 Å². The molecule has 3 aromatic carbocycles. The van der Waals surface area contributed by atoms with Crippen LogP contribution in [0.25, 0.3) is 10.9 Å². The van der Waals surface area contributed by atoms with Gasteiger partial charge < -0.3 is 15.0 Å². The van der Waals surface area contributed by atoms with E-state index in [-0.39, 0.29) is 5.78 Å². The first-order chi connectivity index (χ1) is 14.6. The molecule has 0 saturated carbocycles. The lowest BCUT2D eigenvalue weighted by molar-refractivity contribution is 0.0866. The van der Waals surface area contributed by atoms with E-state index in [4.69, 9.17) is 4.74 Å². The molecular weight excluding hydrogens is 372 g/mol. The molecule has 1 aromatic heterocycles. The van der Waals surface area contributed by atoms with Crippen LogP contribution in [0.3, 0.4) is 0 Å². The zero-order valence-electron chi connectivity index (χ0n) is 17.3. The molecule has 4 heteroatoms. The summed E-state index contributed by atoms with van der Waals surface area (Å²) in [5, 5.41) is 4.49. The SMILES string of the molecule is COc1cccc(CCNC(C)(C(=O)c2c[nH]c3ccccc23)c2ccccc2)c1. The number of Topliss-reactive ketones (excluding diaryl/α,β-unsaturated/α-hetero) is 1. The minimum absolute atomic E-state index is 0.0526. The van der Waals surface area contributed by atoms with Crippen molar-refractivity contribution >= 4 is 16.7 Å². The van der Waals surface area contributed by atoms with Crippen molar-refractivity contribution in [2.75, 3.05) is 13.7 Å². The highest BCUT2D eigenvalue weighted by Gasteiger charge is 2.36. The van der Waals surface area contributed by atoms with Crippen molar-refractivity contribution in [3.05, 3.63) is 102 Å². The van der Waals surface area contributed by atoms with E-state index in [1.165, 1.54) is 0 Å². The van der Waals surface area contributed by atoms with Crippen LogP contribution in [-0.2, 0) is 12.0 Å². The van der Waals surface area contributed by atoms with Crippen molar-refractivity contribution < 1.29 is 9.53 Å². The van der Waals surface area contributed by atoms with Crippen molar-refractivity contribution in [2.24, 2.45) is 0 Å². The maximum Gasteiger partial charge on any atom is 0.189 e. The van der Waals surface area contributed by atoms with Crippen LogP contribution < -0.4 is 10.1 Å². The third-order valence-corrected chi connectivity index (χ3v) is 5.67. The molecule has 0 aliphatic rings. The normalized spacial score (nSPS) is 13.1. The van der Waals surface area contributed by atoms with Crippen LogP contribution in [-0.4, -0.2) is 24.4 Å². The zero-order valence-corrected chi connectivity index (χ0v) is 17.3. The summed E-state index contributed by atoms with van der Waals surface area (Å²) < 4.78 is 5.32. The number of hydrogen-bond donors (Lipinski definition) is 2. The standard InChI is InChI=1S/C26H26N2O2/c1-26(20-10-4-3-5-11-20,28-16-15-19-9-8-12-21(17-19)30-2)25(29)23-18-27-24-14-7-6-13-22(23)24/h3-14,17-18,27-28H,15-16H2,1-2H3. The lowest BCUT2D eigenvalue weighted by Crippen LogP contribution is -2.47. The first-order valence-corrected chi connectivity index (χ1v) is 10.2. The molecule has 0 bridgehead atoms. The van der Waals surface area contributed by atoms with Crippen LogP contribution in [0.4, 0.5) is 0 Å². The summed E-state index contributed by atoms with van der Waals surface area (Å²) >= 11 is 0. The van der Waals surface area contributed by atoms with Gasteiger partial charge in [-0.15, -0.1) is 0 Å². The molecule has 4 aromatic rings. The van der Waals surface area contributed by atoms with Crippen LogP contribution in [0, 0.1) is 0 Å². The third-order valence-electron chi connectivity index (χ3n) is 5.67. The topological polar surface area (TPSA) is 54.1 Å². The van der Waals surface area contributed by atoms with E-state index < -0.39 is 5.54 Å². The third kappa shape index (κ3) is 3.87. The lowest BCUT2D eigenvalue weighted by atomic mass is 9.84. The second kappa shape index (κ2) is 8.56. The summed E-state index contributed by atoms with van der Waals surface area (Å²) in [6, 6.07) is 25.9. The number of benzene rings is 3. The molecule has 0 aliphatic heterocycles. The number of fused-ring (bicyclic) bond motifs is 1. The Balaban J connectivity index is 1.62. The van der Waals surface area contributed by atoms with Crippen molar-refractivity contribution in [3.8, 4) is 5.75 Å². The second-order valence-electron chi connectivity index (χ2n) is 7.60. The number of hydrogen-bond acceptors (Lipinski definition) is 3. The largest absolute Gasteiger partial charge is 0.497 e. The minimum atomic E-state index is -0.842. The van der Waals surface area contributed by atoms with Crippen LogP contribution in [0.5, 0.6) is 5.75 Å². The number of carbonyl (C=O) groups is 1. The zero-order chi connectivity index (χ0) is 21.0. The molecule has 4 rings (SSSR count). The monoisotopic (exact) mass is 398 g/mol. The fourth-order valence-electron chi connectivity index (χ4n) is 3.90. The number of carbonyl (C=O) groups excluding carboxylic acids is 1. The van der Waals surface area contributed by atoms with Gasteiger partial charge in [0.25, 0.3) is 0 Å². The van der Waals surface area contributed by atoms with Gasteiger partial charge in [0.05, 0.1) is 7.11 Å². The molecule has 0 aliphatic carbocycles. The number of ketones is 1. The molecule has 4 nitrogen and oxygen atoms in total. The molecule has 1 atom stereocenters. The highest BCUT2D eigenvalue weighted by atomic mass is 16.5. The first-order valence-electron chi connectivity index (χ1n) is 10.2. The van der Waals surface area contributed by atoms with Gasteiger partial charge in [-0.3, -0.25) is 4.79 Å². The van der Waals surface area contributed by atoms with E-state index in [1.807, 2.05) is 85.9 Å². The summed E-state index contributed by atoms with van der Waals surface area (Å²) in [7, 11) is 1.67. The Morgan fingerprint density at radius 2 is 1.77 bits per heavy atom. The number of rotatable bonds is 8. The maximum atomic E-state index is 13.8. The Kier molecular flexibility index (Phi) is 5.68. The smallest absolute Gasteiger partial charge is 0.189 e. The second-order valence-corrected chi connectivity index (χ2v) is 7.60. The fourth-order valence-corrected chi connectivity index (χ4v) is 3.90. The van der Waals surface area contributed by atoms with Gasteiger partial charge in [0.1, 0.15) is 11.3 Å². The van der Waals surface area contributed by atoms with E-state index in [0.29, 0.717) is 12.1 Å². The van der Waals surface area contributed by atoms with Gasteiger partial charge >= 0.3 is 0 Å². The van der Waals surface area contributed by atoms with Gasteiger partial charge in [0, 0.05) is 29.2 Å². The maximum absolute atomic E-state index is 13.8. The first kappa shape index (κ1) is 19.9. The van der Waals surface area contributed by atoms with E-state index >= 15 is 0 Å². The van der Waals surface area contributed by atoms with Crippen LogP contribution in [0.2, 0.25) is 0 Å². The molecular formula is C26H26N2O2. The fraction of sp³-hybridized carbons (Fsp3) is 0.192. The number of nitrogens with one attached hydrogen (secondary N) is 2. The number of aromatic nitrogens is 1. The predicted molar refractivity (Wildman–Crippen MR) is 121 cm³/mol. The minimum Gasteiger partial charge on any atom is -0.497 e. The van der Waals surface area contributed by atoms with Crippen molar-refractivity contribution in [3.63, 3.8) is 0 Å². The van der Waals surface area contributed by atoms with Crippen LogP contribution >= 0.6 is 0 Å². The molecule has 1 unspecified atom stereocenters. The average molecular weight is 399 g/mol. The van der Waals surface area contributed by atoms with Gasteiger partial charge in [-0.2, -0.15) is 0 Å². The van der Waals surface area contributed by atoms with Crippen LogP contribution in [0.15, 0.2) is 85.1 Å². The molecule has 0 fully saturated rings. The lowest BCUT2D eigenvalue weighted by Gasteiger charge is -2.30. The Hall–Kier alpha value is -3.37. The summed E-state index contributed by atoms with van der Waals surface area (Å²) in [6.07, 6.45) is 2.61. The van der Waals surface area contributed by atoms with Gasteiger partial charge in [-0.25, -0.2) is 0 Å². The van der Waals surface area contributed by atoms with Crippen molar-refractivity contribution in [2.45, 2.75) is 18.9 Å². The Morgan fingerprint density at radius 3 is 2.57 bits per heavy atom. The molecule has 30 heavy (non-hydrogen) atoms. The number of methoxy groups -OCH3 is 1. The van der Waals surface area contributed by atoms with Gasteiger partial charge in [-0.1, -0.05) is 60.7 Å². The number of ether oxygens (including phenoxy) is 1. The van der Waals surface area contributed by atoms with Crippen LogP contribution in [0.1, 0.15) is 28.4 Å². The summed E-state index contributed by atoms with van der Waals surface area (Å²) in [5.74, 6) is 0.894. The summed E-state index contributed by atoms with van der Waals surface area (Å²) in [6.45, 7) is 2.63. The predicted octanol–water partition coefficient (Wildman–Crippen LogP) is 5.11. The van der Waals surface area contributed by atoms with Gasteiger partial charge in [-0.05, 0) is 42.7 Å². The molecule has 0 radical (unpaired) electrons.